The molecular formula is C20H17F3N4O2S. The highest BCUT2D eigenvalue weighted by atomic mass is 32.1. The molecule has 0 aliphatic heterocycles. The fourth-order valence-corrected chi connectivity index (χ4v) is 4.52. The zero-order chi connectivity index (χ0) is 21.5. The predicted octanol–water partition coefficient (Wildman–Crippen LogP) is 4.13. The van der Waals surface area contributed by atoms with Gasteiger partial charge in [-0.05, 0) is 30.3 Å². The first-order valence-corrected chi connectivity index (χ1v) is 9.88. The van der Waals surface area contributed by atoms with Gasteiger partial charge in [-0.15, -0.1) is 10.2 Å². The fourth-order valence-electron chi connectivity index (χ4n) is 3.60. The number of nitrogens with zero attached hydrogens (tertiary/aromatic N) is 4. The number of pyridine rings is 1. The second-order valence-corrected chi connectivity index (χ2v) is 7.96. The number of alkyl halides is 1. The van der Waals surface area contributed by atoms with Gasteiger partial charge in [0.2, 0.25) is 5.13 Å². The largest absolute Gasteiger partial charge is 0.465 e. The normalized spacial score (nSPS) is 20.5. The van der Waals surface area contributed by atoms with Crippen LogP contribution in [0.5, 0.6) is 0 Å². The van der Waals surface area contributed by atoms with Crippen molar-refractivity contribution in [2.24, 2.45) is 0 Å². The van der Waals surface area contributed by atoms with Crippen LogP contribution in [0.2, 0.25) is 0 Å². The van der Waals surface area contributed by atoms with Crippen LogP contribution in [0, 0.1) is 11.6 Å². The topological polar surface area (TPSA) is 68.2 Å². The van der Waals surface area contributed by atoms with Crippen molar-refractivity contribution in [2.75, 3.05) is 19.1 Å². The molecule has 1 saturated carbocycles. The lowest BCUT2D eigenvalue weighted by atomic mass is 9.71. The molecule has 0 amide bonds. The Labute approximate surface area is 174 Å². The minimum atomic E-state index is -1.09. The number of halogens is 3. The van der Waals surface area contributed by atoms with Gasteiger partial charge in [-0.1, -0.05) is 11.3 Å². The van der Waals surface area contributed by atoms with Crippen molar-refractivity contribution < 1.29 is 22.7 Å². The quantitative estimate of drug-likeness (QED) is 0.563. The molecule has 0 atom stereocenters. The molecule has 1 aliphatic carbocycles. The Morgan fingerprint density at radius 1 is 1.23 bits per heavy atom. The first-order valence-electron chi connectivity index (χ1n) is 9.06. The van der Waals surface area contributed by atoms with E-state index in [0.29, 0.717) is 5.13 Å². The molecule has 6 nitrogen and oxygen atoms in total. The number of benzene rings is 1. The van der Waals surface area contributed by atoms with Crippen molar-refractivity contribution in [3.63, 3.8) is 0 Å². The summed E-state index contributed by atoms with van der Waals surface area (Å²) in [5.74, 6) is -1.71. The monoisotopic (exact) mass is 434 g/mol. The Bertz CT molecular complexity index is 1100. The Morgan fingerprint density at radius 3 is 2.67 bits per heavy atom. The van der Waals surface area contributed by atoms with E-state index in [0.717, 1.165) is 17.4 Å². The maximum Gasteiger partial charge on any atom is 0.337 e. The maximum atomic E-state index is 14.4. The Balaban J connectivity index is 1.70. The number of carbonyl (C=O) groups excluding carboxylic acids is 1. The van der Waals surface area contributed by atoms with Gasteiger partial charge in [-0.3, -0.25) is 4.98 Å². The van der Waals surface area contributed by atoms with E-state index in [1.807, 2.05) is 0 Å². The van der Waals surface area contributed by atoms with Crippen LogP contribution in [0.25, 0.3) is 10.6 Å². The van der Waals surface area contributed by atoms with E-state index in [1.165, 1.54) is 37.6 Å². The number of hydrogen-bond donors (Lipinski definition) is 0. The van der Waals surface area contributed by atoms with Crippen LogP contribution in [0.1, 0.15) is 28.9 Å². The third kappa shape index (κ3) is 3.30. The third-order valence-corrected chi connectivity index (χ3v) is 6.31. The number of anilines is 1. The summed E-state index contributed by atoms with van der Waals surface area (Å²) in [6.07, 6.45) is 0.478. The van der Waals surface area contributed by atoms with Crippen molar-refractivity contribution in [1.29, 1.82) is 0 Å². The lowest BCUT2D eigenvalue weighted by Crippen LogP contribution is -2.55. The van der Waals surface area contributed by atoms with Gasteiger partial charge in [0.25, 0.3) is 0 Å². The van der Waals surface area contributed by atoms with Gasteiger partial charge in [0.1, 0.15) is 23.5 Å². The summed E-state index contributed by atoms with van der Waals surface area (Å²) < 4.78 is 47.4. The Hall–Kier alpha value is -3.01. The highest BCUT2D eigenvalue weighted by Crippen LogP contribution is 2.50. The van der Waals surface area contributed by atoms with Gasteiger partial charge in [0, 0.05) is 31.6 Å². The van der Waals surface area contributed by atoms with E-state index >= 15 is 0 Å². The van der Waals surface area contributed by atoms with E-state index in [-0.39, 0.29) is 34.7 Å². The maximum absolute atomic E-state index is 14.4. The molecule has 0 N–H and O–H groups in total. The summed E-state index contributed by atoms with van der Waals surface area (Å²) in [5.41, 5.74) is -0.610. The number of ether oxygens (including phenoxy) is 1. The fraction of sp³-hybridized carbons (Fsp3) is 0.300. The summed E-state index contributed by atoms with van der Waals surface area (Å²) in [6.45, 7) is 0. The first kappa shape index (κ1) is 20.3. The number of methoxy groups -OCH3 is 1. The van der Waals surface area contributed by atoms with Crippen LogP contribution in [-0.4, -0.2) is 41.5 Å². The van der Waals surface area contributed by atoms with E-state index < -0.39 is 29.3 Å². The number of hydrogen-bond acceptors (Lipinski definition) is 7. The SMILES string of the molecule is COC(=O)c1ccc(F)c(-c2nnc(N(C)C3(c4ncccc4F)CC(F)C3)s2)c1. The Morgan fingerprint density at radius 2 is 2.00 bits per heavy atom. The van der Waals surface area contributed by atoms with Crippen LogP contribution >= 0.6 is 11.3 Å². The van der Waals surface area contributed by atoms with Gasteiger partial charge in [0.05, 0.1) is 18.2 Å². The molecule has 0 spiro atoms. The van der Waals surface area contributed by atoms with Gasteiger partial charge in [-0.2, -0.15) is 0 Å². The highest BCUT2D eigenvalue weighted by Gasteiger charge is 2.52. The lowest BCUT2D eigenvalue weighted by molar-refractivity contribution is 0.0600. The van der Waals surface area contributed by atoms with E-state index in [2.05, 4.69) is 19.9 Å². The van der Waals surface area contributed by atoms with Crippen LogP contribution in [0.4, 0.5) is 18.3 Å². The van der Waals surface area contributed by atoms with Gasteiger partial charge >= 0.3 is 5.97 Å². The number of rotatable bonds is 5. The molecule has 3 aromatic rings. The van der Waals surface area contributed by atoms with E-state index in [4.69, 9.17) is 0 Å². The molecule has 2 heterocycles. The van der Waals surface area contributed by atoms with Gasteiger partial charge < -0.3 is 9.64 Å². The first-order chi connectivity index (χ1) is 14.4. The summed E-state index contributed by atoms with van der Waals surface area (Å²) in [6, 6.07) is 6.55. The molecule has 1 aromatic carbocycles. The van der Waals surface area contributed by atoms with Gasteiger partial charge in [0.15, 0.2) is 5.01 Å². The van der Waals surface area contributed by atoms with Gasteiger partial charge in [-0.25, -0.2) is 18.0 Å². The van der Waals surface area contributed by atoms with Crippen molar-refractivity contribution in [3.8, 4) is 10.6 Å². The standard InChI is InChI=1S/C20H17F3N4O2S/c1-27(20(9-12(21)10-20)16-15(23)4-3-7-24-16)19-26-25-17(30-19)13-8-11(18(28)29-2)5-6-14(13)22/h3-8,12H,9-10H2,1-2H3. The number of esters is 1. The number of aromatic nitrogens is 3. The van der Waals surface area contributed by atoms with Crippen molar-refractivity contribution in [2.45, 2.75) is 24.6 Å². The molecule has 0 bridgehead atoms. The van der Waals surface area contributed by atoms with Crippen LogP contribution in [-0.2, 0) is 10.3 Å². The van der Waals surface area contributed by atoms with Crippen molar-refractivity contribution in [1.82, 2.24) is 15.2 Å². The average molecular weight is 434 g/mol. The van der Waals surface area contributed by atoms with Crippen LogP contribution in [0.3, 0.4) is 0 Å². The summed E-state index contributed by atoms with van der Waals surface area (Å²) in [5, 5.41) is 8.71. The predicted molar refractivity (Wildman–Crippen MR) is 105 cm³/mol. The van der Waals surface area contributed by atoms with Crippen LogP contribution < -0.4 is 4.90 Å². The van der Waals surface area contributed by atoms with Crippen molar-refractivity contribution >= 4 is 22.4 Å². The molecule has 0 unspecified atom stereocenters. The molecule has 0 saturated heterocycles. The molecule has 1 fully saturated rings. The lowest BCUT2D eigenvalue weighted by Gasteiger charge is -2.49. The highest BCUT2D eigenvalue weighted by molar-refractivity contribution is 7.18. The van der Waals surface area contributed by atoms with Crippen molar-refractivity contribution in [3.05, 3.63) is 59.4 Å². The molecule has 1 aliphatic rings. The second-order valence-electron chi connectivity index (χ2n) is 7.01. The minimum Gasteiger partial charge on any atom is -0.465 e. The average Bonchev–Trinajstić information content (AvgIpc) is 3.21. The van der Waals surface area contributed by atoms with E-state index in [1.54, 1.807) is 11.9 Å². The zero-order valence-electron chi connectivity index (χ0n) is 16.1. The second kappa shape index (κ2) is 7.67. The molecule has 30 heavy (non-hydrogen) atoms. The Kier molecular flexibility index (Phi) is 5.19. The number of carbonyl (C=O) groups is 1. The molecule has 0 radical (unpaired) electrons. The molecule has 2 aromatic heterocycles. The summed E-state index contributed by atoms with van der Waals surface area (Å²) in [7, 11) is 2.89. The van der Waals surface area contributed by atoms with E-state index in [9.17, 15) is 18.0 Å². The third-order valence-electron chi connectivity index (χ3n) is 5.28. The molecular weight excluding hydrogens is 417 g/mol. The smallest absolute Gasteiger partial charge is 0.337 e. The minimum absolute atomic E-state index is 0.0541. The summed E-state index contributed by atoms with van der Waals surface area (Å²) in [4.78, 5) is 17.5. The molecule has 156 valence electrons. The zero-order valence-corrected chi connectivity index (χ0v) is 16.9. The molecule has 4 rings (SSSR count). The summed E-state index contributed by atoms with van der Waals surface area (Å²) >= 11 is 1.05. The van der Waals surface area contributed by atoms with Crippen LogP contribution in [0.15, 0.2) is 36.5 Å². The molecule has 10 heteroatoms.